The van der Waals surface area contributed by atoms with Gasteiger partial charge in [0.15, 0.2) is 0 Å². The summed E-state index contributed by atoms with van der Waals surface area (Å²) in [6, 6.07) is 11.0. The molecule has 5 heteroatoms. The number of aliphatic carboxylic acids is 1. The number of carboxylic acid groups (broad SMARTS) is 1. The van der Waals surface area contributed by atoms with Gasteiger partial charge in [0.05, 0.1) is 0 Å². The van der Waals surface area contributed by atoms with Crippen LogP contribution in [0.4, 0.5) is 0 Å². The maximum Gasteiger partial charge on any atom is 0.345 e. The number of benzene rings is 2. The summed E-state index contributed by atoms with van der Waals surface area (Å²) < 4.78 is 0. The molecule has 4 N–H and O–H groups in total. The van der Waals surface area contributed by atoms with Gasteiger partial charge in [0.2, 0.25) is 5.60 Å². The highest BCUT2D eigenvalue weighted by Crippen LogP contribution is 2.34. The minimum atomic E-state index is -2.34. The Hall–Kier alpha value is -2.53. The summed E-state index contributed by atoms with van der Waals surface area (Å²) >= 11 is 0. The normalized spacial score (nSPS) is 13.7. The number of hydrogen-bond donors (Lipinski definition) is 4. The molecule has 2 aromatic rings. The average Bonchev–Trinajstić information content (AvgIpc) is 2.37. The molecule has 0 bridgehead atoms. The minimum absolute atomic E-state index is 0.122. The van der Waals surface area contributed by atoms with Crippen molar-refractivity contribution in [2.75, 3.05) is 0 Å². The number of rotatable bonds is 3. The third kappa shape index (κ3) is 2.23. The Balaban J connectivity index is 2.67. The first-order valence-electron chi connectivity index (χ1n) is 5.49. The molecule has 0 aliphatic heterocycles. The highest BCUT2D eigenvalue weighted by atomic mass is 16.4. The van der Waals surface area contributed by atoms with E-state index in [0.717, 1.165) is 18.2 Å². The lowest BCUT2D eigenvalue weighted by atomic mass is 9.86. The van der Waals surface area contributed by atoms with E-state index < -0.39 is 11.6 Å². The van der Waals surface area contributed by atoms with Crippen molar-refractivity contribution in [1.82, 2.24) is 0 Å². The third-order valence-electron chi connectivity index (χ3n) is 2.82. The molecule has 1 atom stereocenters. The van der Waals surface area contributed by atoms with E-state index in [1.807, 2.05) is 0 Å². The van der Waals surface area contributed by atoms with E-state index in [2.05, 4.69) is 0 Å². The first-order valence-corrected chi connectivity index (χ1v) is 5.49. The van der Waals surface area contributed by atoms with E-state index in [1.54, 1.807) is 18.2 Å². The zero-order valence-corrected chi connectivity index (χ0v) is 9.82. The van der Waals surface area contributed by atoms with Crippen LogP contribution in [0.15, 0.2) is 48.5 Å². The Morgan fingerprint density at radius 3 is 1.89 bits per heavy atom. The van der Waals surface area contributed by atoms with E-state index in [-0.39, 0.29) is 22.6 Å². The van der Waals surface area contributed by atoms with E-state index >= 15 is 0 Å². The molecule has 0 radical (unpaired) electrons. The minimum Gasteiger partial charge on any atom is -0.508 e. The van der Waals surface area contributed by atoms with Gasteiger partial charge in [-0.1, -0.05) is 30.3 Å². The van der Waals surface area contributed by atoms with Crippen LogP contribution in [0.3, 0.4) is 0 Å². The van der Waals surface area contributed by atoms with Crippen molar-refractivity contribution < 1.29 is 25.2 Å². The molecule has 0 aromatic heterocycles. The summed E-state index contributed by atoms with van der Waals surface area (Å²) in [7, 11) is 0. The van der Waals surface area contributed by atoms with Crippen molar-refractivity contribution in [3.63, 3.8) is 0 Å². The molecule has 2 rings (SSSR count). The molecule has 2 aromatic carbocycles. The molecule has 0 fully saturated rings. The van der Waals surface area contributed by atoms with Crippen LogP contribution >= 0.6 is 0 Å². The number of phenols is 2. The molecular weight excluding hydrogens is 248 g/mol. The maximum atomic E-state index is 11.4. The van der Waals surface area contributed by atoms with Crippen molar-refractivity contribution in [2.45, 2.75) is 5.60 Å². The van der Waals surface area contributed by atoms with Crippen LogP contribution < -0.4 is 0 Å². The topological polar surface area (TPSA) is 98.0 Å². The monoisotopic (exact) mass is 260 g/mol. The Morgan fingerprint density at radius 2 is 1.42 bits per heavy atom. The van der Waals surface area contributed by atoms with Crippen molar-refractivity contribution in [2.24, 2.45) is 0 Å². The van der Waals surface area contributed by atoms with E-state index in [4.69, 9.17) is 0 Å². The summed E-state index contributed by atoms with van der Waals surface area (Å²) in [5, 5.41) is 38.6. The molecule has 0 saturated carbocycles. The molecule has 0 aliphatic rings. The Kier molecular flexibility index (Phi) is 3.14. The highest BCUT2D eigenvalue weighted by molar-refractivity contribution is 5.84. The second-order valence-electron chi connectivity index (χ2n) is 4.12. The molecule has 0 saturated heterocycles. The molecule has 5 nitrogen and oxygen atoms in total. The Bertz CT molecular complexity index is 588. The summed E-state index contributed by atoms with van der Waals surface area (Å²) in [6.45, 7) is 0. The summed E-state index contributed by atoms with van der Waals surface area (Å²) in [4.78, 5) is 11.4. The molecule has 98 valence electrons. The second-order valence-corrected chi connectivity index (χ2v) is 4.12. The van der Waals surface area contributed by atoms with Crippen molar-refractivity contribution >= 4 is 5.97 Å². The van der Waals surface area contributed by atoms with Gasteiger partial charge < -0.3 is 20.4 Å². The van der Waals surface area contributed by atoms with Crippen LogP contribution in [-0.2, 0) is 10.4 Å². The largest absolute Gasteiger partial charge is 0.508 e. The fourth-order valence-corrected chi connectivity index (χ4v) is 1.90. The second kappa shape index (κ2) is 4.62. The summed E-state index contributed by atoms with van der Waals surface area (Å²) in [6.07, 6.45) is 0. The molecule has 0 aliphatic carbocycles. The summed E-state index contributed by atoms with van der Waals surface area (Å²) in [5.74, 6) is -2.15. The van der Waals surface area contributed by atoms with Crippen LogP contribution in [0.5, 0.6) is 11.5 Å². The molecule has 1 unspecified atom stereocenters. The standard InChI is InChI=1S/C14H12O5/c15-11-6-10(7-12(16)8-11)14(19,13(17)18)9-4-2-1-3-5-9/h1-8,15-16,19H,(H,17,18). The smallest absolute Gasteiger partial charge is 0.345 e. The number of carboxylic acids is 1. The third-order valence-corrected chi connectivity index (χ3v) is 2.82. The van der Waals surface area contributed by atoms with Gasteiger partial charge in [-0.15, -0.1) is 0 Å². The zero-order chi connectivity index (χ0) is 14.0. The molecule has 0 spiro atoms. The number of carbonyl (C=O) groups is 1. The van der Waals surface area contributed by atoms with Gasteiger partial charge in [0.25, 0.3) is 0 Å². The van der Waals surface area contributed by atoms with Gasteiger partial charge in [0, 0.05) is 11.6 Å². The van der Waals surface area contributed by atoms with Gasteiger partial charge in [-0.05, 0) is 17.7 Å². The van der Waals surface area contributed by atoms with Crippen LogP contribution in [0, 0.1) is 0 Å². The van der Waals surface area contributed by atoms with Gasteiger partial charge in [-0.2, -0.15) is 0 Å². The van der Waals surface area contributed by atoms with Crippen molar-refractivity contribution in [3.8, 4) is 11.5 Å². The fourth-order valence-electron chi connectivity index (χ4n) is 1.90. The first kappa shape index (κ1) is 12.9. The van der Waals surface area contributed by atoms with Crippen LogP contribution in [-0.4, -0.2) is 26.4 Å². The van der Waals surface area contributed by atoms with E-state index in [0.29, 0.717) is 0 Å². The molecule has 0 amide bonds. The average molecular weight is 260 g/mol. The lowest BCUT2D eigenvalue weighted by molar-refractivity contribution is -0.155. The number of aromatic hydroxyl groups is 2. The fraction of sp³-hybridized carbons (Fsp3) is 0.0714. The Morgan fingerprint density at radius 1 is 0.895 bits per heavy atom. The van der Waals surface area contributed by atoms with Crippen LogP contribution in [0.2, 0.25) is 0 Å². The maximum absolute atomic E-state index is 11.4. The predicted octanol–water partition coefficient (Wildman–Crippen LogP) is 1.42. The van der Waals surface area contributed by atoms with Crippen LogP contribution in [0.25, 0.3) is 0 Å². The number of hydrogen-bond acceptors (Lipinski definition) is 4. The van der Waals surface area contributed by atoms with Gasteiger partial charge in [-0.25, -0.2) is 4.79 Å². The van der Waals surface area contributed by atoms with Crippen LogP contribution in [0.1, 0.15) is 11.1 Å². The lowest BCUT2D eigenvalue weighted by Gasteiger charge is -2.24. The molecule has 0 heterocycles. The van der Waals surface area contributed by atoms with Gasteiger partial charge in [0.1, 0.15) is 11.5 Å². The molecular formula is C14H12O5. The number of aliphatic hydroxyl groups is 1. The Labute approximate surface area is 109 Å². The SMILES string of the molecule is O=C(O)C(O)(c1ccccc1)c1cc(O)cc(O)c1. The predicted molar refractivity (Wildman–Crippen MR) is 66.8 cm³/mol. The summed E-state index contributed by atoms with van der Waals surface area (Å²) in [5.41, 5.74) is -2.33. The van der Waals surface area contributed by atoms with Gasteiger partial charge in [-0.3, -0.25) is 0 Å². The zero-order valence-electron chi connectivity index (χ0n) is 9.82. The quantitative estimate of drug-likeness (QED) is 0.669. The number of phenolic OH excluding ortho intramolecular Hbond substituents is 2. The van der Waals surface area contributed by atoms with E-state index in [1.165, 1.54) is 12.1 Å². The lowest BCUT2D eigenvalue weighted by Crippen LogP contribution is -2.36. The van der Waals surface area contributed by atoms with Gasteiger partial charge >= 0.3 is 5.97 Å². The highest BCUT2D eigenvalue weighted by Gasteiger charge is 2.40. The van der Waals surface area contributed by atoms with E-state index in [9.17, 15) is 25.2 Å². The van der Waals surface area contributed by atoms with Crippen molar-refractivity contribution in [1.29, 1.82) is 0 Å². The molecule has 19 heavy (non-hydrogen) atoms. The first-order chi connectivity index (χ1) is 8.94. The van der Waals surface area contributed by atoms with Crippen molar-refractivity contribution in [3.05, 3.63) is 59.7 Å².